The van der Waals surface area contributed by atoms with Crippen LogP contribution in [0.2, 0.25) is 0 Å². The van der Waals surface area contributed by atoms with Crippen molar-refractivity contribution in [1.82, 2.24) is 9.55 Å². The van der Waals surface area contributed by atoms with Crippen molar-refractivity contribution < 1.29 is 4.39 Å². The number of anilines is 1. The van der Waals surface area contributed by atoms with Crippen LogP contribution in [0.3, 0.4) is 0 Å². The van der Waals surface area contributed by atoms with Gasteiger partial charge in [-0.05, 0) is 46.9 Å². The van der Waals surface area contributed by atoms with Gasteiger partial charge < -0.3 is 10.3 Å². The molecule has 2 N–H and O–H groups in total. The Hall–Kier alpha value is -1.63. The maximum Gasteiger partial charge on any atom is 0.201 e. The Morgan fingerprint density at radius 2 is 2.00 bits per heavy atom. The summed E-state index contributed by atoms with van der Waals surface area (Å²) in [6.45, 7) is 0.385. The summed E-state index contributed by atoms with van der Waals surface area (Å²) in [4.78, 5) is 4.31. The van der Waals surface area contributed by atoms with E-state index in [2.05, 4.69) is 27.6 Å². The lowest BCUT2D eigenvalue weighted by molar-refractivity contribution is 0.602. The van der Waals surface area contributed by atoms with Gasteiger partial charge in [0.2, 0.25) is 5.95 Å². The number of hydrogen-bond acceptors (Lipinski definition) is 2. The molecule has 3 aromatic rings. The Morgan fingerprint density at radius 1 is 1.21 bits per heavy atom. The van der Waals surface area contributed by atoms with Crippen molar-refractivity contribution in [2.75, 3.05) is 5.73 Å². The summed E-state index contributed by atoms with van der Waals surface area (Å²) in [5.74, 6) is 0.175. The first-order valence-corrected chi connectivity index (χ1v) is 6.87. The van der Waals surface area contributed by atoms with E-state index < -0.39 is 0 Å². The lowest BCUT2D eigenvalue weighted by Crippen LogP contribution is -2.05. The Labute approximate surface area is 123 Å². The molecule has 2 aromatic carbocycles. The second-order valence-corrected chi connectivity index (χ2v) is 5.53. The van der Waals surface area contributed by atoms with Gasteiger partial charge in [-0.15, -0.1) is 0 Å². The summed E-state index contributed by atoms with van der Waals surface area (Å²) in [7, 11) is 0. The van der Waals surface area contributed by atoms with E-state index in [1.54, 1.807) is 12.1 Å². The van der Waals surface area contributed by atoms with Gasteiger partial charge in [0.15, 0.2) is 0 Å². The molecule has 0 amide bonds. The van der Waals surface area contributed by atoms with Gasteiger partial charge in [-0.1, -0.05) is 18.2 Å². The fraction of sp³-hybridized carbons (Fsp3) is 0.0714. The summed E-state index contributed by atoms with van der Waals surface area (Å²) in [6.07, 6.45) is 0. The van der Waals surface area contributed by atoms with Gasteiger partial charge in [0.1, 0.15) is 5.82 Å². The highest BCUT2D eigenvalue weighted by Crippen LogP contribution is 2.22. The molecule has 0 radical (unpaired) electrons. The van der Waals surface area contributed by atoms with Crippen LogP contribution in [-0.2, 0) is 6.54 Å². The van der Waals surface area contributed by atoms with Crippen LogP contribution in [0.4, 0.5) is 10.3 Å². The number of hydrogen-bond donors (Lipinski definition) is 1. The van der Waals surface area contributed by atoms with Crippen LogP contribution in [0.15, 0.2) is 42.5 Å². The van der Waals surface area contributed by atoms with E-state index in [0.29, 0.717) is 18.1 Å². The van der Waals surface area contributed by atoms with Gasteiger partial charge in [-0.3, -0.25) is 0 Å². The molecular weight excluding hydrogens is 356 g/mol. The van der Waals surface area contributed by atoms with Crippen LogP contribution in [0, 0.1) is 9.39 Å². The van der Waals surface area contributed by atoms with Crippen molar-refractivity contribution in [1.29, 1.82) is 0 Å². The van der Waals surface area contributed by atoms with Crippen LogP contribution >= 0.6 is 22.6 Å². The second-order valence-electron chi connectivity index (χ2n) is 4.28. The Morgan fingerprint density at radius 3 is 2.79 bits per heavy atom. The van der Waals surface area contributed by atoms with E-state index in [1.165, 1.54) is 6.07 Å². The minimum Gasteiger partial charge on any atom is -0.369 e. The molecular formula is C14H11FIN3. The predicted octanol–water partition coefficient (Wildman–Crippen LogP) is 3.41. The van der Waals surface area contributed by atoms with Crippen molar-refractivity contribution in [3.8, 4) is 0 Å². The number of aromatic nitrogens is 2. The summed E-state index contributed by atoms with van der Waals surface area (Å²) >= 11 is 2.23. The number of nitrogen functional groups attached to an aromatic ring is 1. The fourth-order valence-corrected chi connectivity index (χ4v) is 2.56. The topological polar surface area (TPSA) is 43.8 Å². The van der Waals surface area contributed by atoms with E-state index in [9.17, 15) is 4.39 Å². The summed E-state index contributed by atoms with van der Waals surface area (Å²) in [5, 5.41) is 0. The normalized spacial score (nSPS) is 11.1. The lowest BCUT2D eigenvalue weighted by atomic mass is 10.2. The zero-order valence-corrected chi connectivity index (χ0v) is 12.1. The standard InChI is InChI=1S/C14H11FIN3/c15-11-4-2-1-3-9(11)8-19-13-6-5-10(16)7-12(13)18-14(19)17/h1-7H,8H2,(H2,17,18). The summed E-state index contributed by atoms with van der Waals surface area (Å²) in [6, 6.07) is 12.6. The number of nitrogens with zero attached hydrogens (tertiary/aromatic N) is 2. The number of imidazole rings is 1. The van der Waals surface area contributed by atoms with E-state index in [4.69, 9.17) is 5.73 Å². The van der Waals surface area contributed by atoms with Crippen LogP contribution in [0.5, 0.6) is 0 Å². The minimum absolute atomic E-state index is 0.228. The smallest absolute Gasteiger partial charge is 0.201 e. The summed E-state index contributed by atoms with van der Waals surface area (Å²) < 4.78 is 16.6. The van der Waals surface area contributed by atoms with Gasteiger partial charge in [0.05, 0.1) is 17.6 Å². The first-order valence-electron chi connectivity index (χ1n) is 5.80. The molecule has 1 aromatic heterocycles. The third-order valence-corrected chi connectivity index (χ3v) is 3.70. The van der Waals surface area contributed by atoms with Gasteiger partial charge in [-0.2, -0.15) is 0 Å². The number of benzene rings is 2. The maximum absolute atomic E-state index is 13.7. The number of halogens is 2. The Kier molecular flexibility index (Phi) is 3.14. The molecule has 0 aliphatic heterocycles. The number of fused-ring (bicyclic) bond motifs is 1. The minimum atomic E-state index is -0.228. The highest BCUT2D eigenvalue weighted by atomic mass is 127. The molecule has 3 rings (SSSR count). The van der Waals surface area contributed by atoms with Crippen LogP contribution in [0.1, 0.15) is 5.56 Å². The van der Waals surface area contributed by atoms with E-state index in [1.807, 2.05) is 28.8 Å². The Bertz CT molecular complexity index is 752. The highest BCUT2D eigenvalue weighted by Gasteiger charge is 2.10. The highest BCUT2D eigenvalue weighted by molar-refractivity contribution is 14.1. The summed E-state index contributed by atoms with van der Waals surface area (Å²) in [5.41, 5.74) is 8.28. The first-order chi connectivity index (χ1) is 9.15. The van der Waals surface area contributed by atoms with Crippen molar-refractivity contribution in [2.45, 2.75) is 6.54 Å². The maximum atomic E-state index is 13.7. The zero-order valence-electron chi connectivity index (χ0n) is 9.98. The molecule has 19 heavy (non-hydrogen) atoms. The number of rotatable bonds is 2. The van der Waals surface area contributed by atoms with Gasteiger partial charge in [0.25, 0.3) is 0 Å². The van der Waals surface area contributed by atoms with Crippen LogP contribution in [0.25, 0.3) is 11.0 Å². The van der Waals surface area contributed by atoms with Gasteiger partial charge in [0, 0.05) is 9.13 Å². The average molecular weight is 367 g/mol. The van der Waals surface area contributed by atoms with Gasteiger partial charge in [-0.25, -0.2) is 9.37 Å². The first kappa shape index (κ1) is 12.4. The third kappa shape index (κ3) is 2.30. The molecule has 1 heterocycles. The molecule has 0 atom stereocenters. The van der Waals surface area contributed by atoms with E-state index >= 15 is 0 Å². The lowest BCUT2D eigenvalue weighted by Gasteiger charge is -2.07. The van der Waals surface area contributed by atoms with Gasteiger partial charge >= 0.3 is 0 Å². The second kappa shape index (κ2) is 4.80. The van der Waals surface area contributed by atoms with E-state index in [0.717, 1.165) is 14.6 Å². The average Bonchev–Trinajstić information content (AvgIpc) is 2.68. The molecule has 0 saturated carbocycles. The van der Waals surface area contributed by atoms with Crippen molar-refractivity contribution in [3.05, 3.63) is 57.4 Å². The third-order valence-electron chi connectivity index (χ3n) is 3.03. The monoisotopic (exact) mass is 367 g/mol. The van der Waals surface area contributed by atoms with Crippen molar-refractivity contribution >= 4 is 39.6 Å². The number of nitrogens with two attached hydrogens (primary N) is 1. The molecule has 0 unspecified atom stereocenters. The molecule has 0 bridgehead atoms. The SMILES string of the molecule is Nc1nc2cc(I)ccc2n1Cc1ccccc1F. The molecule has 3 nitrogen and oxygen atoms in total. The molecule has 0 spiro atoms. The molecule has 5 heteroatoms. The molecule has 96 valence electrons. The molecule has 0 aliphatic rings. The van der Waals surface area contributed by atoms with Crippen LogP contribution < -0.4 is 5.73 Å². The largest absolute Gasteiger partial charge is 0.369 e. The molecule has 0 fully saturated rings. The van der Waals surface area contributed by atoms with Crippen molar-refractivity contribution in [3.63, 3.8) is 0 Å². The van der Waals surface area contributed by atoms with Crippen LogP contribution in [-0.4, -0.2) is 9.55 Å². The quantitative estimate of drug-likeness (QED) is 0.706. The molecule has 0 aliphatic carbocycles. The fourth-order valence-electron chi connectivity index (χ4n) is 2.08. The molecule has 0 saturated heterocycles. The Balaban J connectivity index is 2.10. The predicted molar refractivity (Wildman–Crippen MR) is 82.4 cm³/mol. The van der Waals surface area contributed by atoms with Crippen molar-refractivity contribution in [2.24, 2.45) is 0 Å². The zero-order chi connectivity index (χ0) is 13.4. The van der Waals surface area contributed by atoms with E-state index in [-0.39, 0.29) is 5.82 Å².